The van der Waals surface area contributed by atoms with E-state index in [4.69, 9.17) is 4.74 Å². The molecule has 1 atom stereocenters. The van der Waals surface area contributed by atoms with Crippen molar-refractivity contribution in [2.45, 2.75) is 54.0 Å². The number of sulfonamides is 1. The van der Waals surface area contributed by atoms with Crippen LogP contribution in [0.3, 0.4) is 0 Å². The molecule has 1 fully saturated rings. The number of nitro benzene ring substituents is 1. The van der Waals surface area contributed by atoms with Gasteiger partial charge in [0.1, 0.15) is 12.0 Å². The number of aromatic nitrogens is 2. The van der Waals surface area contributed by atoms with Crippen molar-refractivity contribution in [3.8, 4) is 11.1 Å². The topological polar surface area (TPSA) is 140 Å². The Hall–Kier alpha value is -5.50. The summed E-state index contributed by atoms with van der Waals surface area (Å²) < 4.78 is 36.1. The van der Waals surface area contributed by atoms with Gasteiger partial charge in [-0.25, -0.2) is 18.4 Å². The first-order valence-electron chi connectivity index (χ1n) is 18.6. The molecule has 11 nitrogen and oxygen atoms in total. The maximum absolute atomic E-state index is 13.7. The zero-order valence-corrected chi connectivity index (χ0v) is 32.9. The largest absolute Gasteiger partial charge is 0.378 e. The summed E-state index contributed by atoms with van der Waals surface area (Å²) in [6.07, 6.45) is 4.48. The van der Waals surface area contributed by atoms with Crippen molar-refractivity contribution in [3.63, 3.8) is 0 Å². The van der Waals surface area contributed by atoms with Crippen LogP contribution in [0.5, 0.6) is 0 Å². The molecule has 1 aliphatic heterocycles. The Balaban J connectivity index is 1.04. The molecule has 2 N–H and O–H groups in total. The third kappa shape index (κ3) is 8.80. The first-order chi connectivity index (χ1) is 27.2. The van der Waals surface area contributed by atoms with Gasteiger partial charge in [0.2, 0.25) is 0 Å². The lowest BCUT2D eigenvalue weighted by molar-refractivity contribution is -0.384. The third-order valence-electron chi connectivity index (χ3n) is 10.5. The van der Waals surface area contributed by atoms with E-state index in [2.05, 4.69) is 73.4 Å². The monoisotopic (exact) mass is 788 g/mol. The number of benzene rings is 5. The minimum absolute atomic E-state index is 0.0772. The lowest BCUT2D eigenvalue weighted by Crippen LogP contribution is -2.47. The molecule has 1 saturated heterocycles. The van der Waals surface area contributed by atoms with E-state index in [1.165, 1.54) is 35.2 Å². The highest BCUT2D eigenvalue weighted by atomic mass is 32.2. The number of hydrogen-bond donors (Lipinski definition) is 2. The fraction of sp³-hybridized carbons (Fsp3) is 0.256. The highest BCUT2D eigenvalue weighted by molar-refractivity contribution is 7.99. The van der Waals surface area contributed by atoms with Crippen LogP contribution < -0.4 is 14.9 Å². The molecule has 0 radical (unpaired) electrons. The minimum Gasteiger partial charge on any atom is -0.378 e. The molecule has 0 spiro atoms. The average Bonchev–Trinajstić information content (AvgIpc) is 3.23. The Morgan fingerprint density at radius 1 is 0.911 bits per heavy atom. The van der Waals surface area contributed by atoms with Crippen LogP contribution in [-0.4, -0.2) is 60.9 Å². The van der Waals surface area contributed by atoms with Gasteiger partial charge in [-0.15, -0.1) is 11.8 Å². The van der Waals surface area contributed by atoms with Gasteiger partial charge < -0.3 is 15.0 Å². The van der Waals surface area contributed by atoms with Gasteiger partial charge in [-0.1, -0.05) is 79.7 Å². The lowest BCUT2D eigenvalue weighted by Gasteiger charge is -2.42. The van der Waals surface area contributed by atoms with Crippen molar-refractivity contribution in [3.05, 3.63) is 143 Å². The first-order valence-corrected chi connectivity index (χ1v) is 21.1. The van der Waals surface area contributed by atoms with Crippen LogP contribution in [0.4, 0.5) is 22.9 Å². The molecule has 1 aromatic heterocycles. The third-order valence-corrected chi connectivity index (χ3v) is 13.0. The van der Waals surface area contributed by atoms with E-state index in [0.717, 1.165) is 55.4 Å². The maximum Gasteiger partial charge on any atom is 0.293 e. The average molecular weight is 789 g/mol. The number of fused-ring (bicyclic) bond motifs is 1. The van der Waals surface area contributed by atoms with Crippen molar-refractivity contribution >= 4 is 55.6 Å². The van der Waals surface area contributed by atoms with Crippen LogP contribution in [-0.2, 0) is 21.2 Å². The molecule has 6 aromatic rings. The number of thioether (sulfide) groups is 1. The van der Waals surface area contributed by atoms with Gasteiger partial charge in [0, 0.05) is 60.5 Å². The number of hydrogen-bond acceptors (Lipinski definition) is 10. The second-order valence-electron chi connectivity index (χ2n) is 13.9. The number of nitrogens with zero attached hydrogens (tertiary/aromatic N) is 4. The van der Waals surface area contributed by atoms with Crippen LogP contribution in [0.2, 0.25) is 0 Å². The number of anilines is 3. The minimum atomic E-state index is -4.25. The van der Waals surface area contributed by atoms with Crippen LogP contribution in [0.1, 0.15) is 31.7 Å². The van der Waals surface area contributed by atoms with Crippen molar-refractivity contribution < 1.29 is 18.1 Å². The zero-order valence-electron chi connectivity index (χ0n) is 31.3. The predicted octanol–water partition coefficient (Wildman–Crippen LogP) is 9.22. The molecule has 7 rings (SSSR count). The van der Waals surface area contributed by atoms with Gasteiger partial charge in [0.05, 0.1) is 20.9 Å². The molecule has 0 bridgehead atoms. The number of nitro groups is 1. The summed E-state index contributed by atoms with van der Waals surface area (Å²) in [7, 11) is -2.45. The van der Waals surface area contributed by atoms with Crippen LogP contribution >= 0.6 is 11.8 Å². The van der Waals surface area contributed by atoms with E-state index in [-0.39, 0.29) is 33.7 Å². The molecule has 5 aromatic carbocycles. The molecular formula is C43H44N6O5S2. The SMILES string of the molecule is CCC(CSc1ccccc1)Nc1ccc(S(=O)(=O)Nc2ncnc3cc(N4CCC(Cc5ccccc5-c5ccccc5)(OC)CC4)ccc23)cc1[N+](=O)[O-]. The quantitative estimate of drug-likeness (QED) is 0.0588. The normalized spacial score (nSPS) is 14.6. The number of rotatable bonds is 15. The number of nitrogens with one attached hydrogen (secondary N) is 2. The van der Waals surface area contributed by atoms with E-state index < -0.39 is 14.9 Å². The van der Waals surface area contributed by atoms with E-state index >= 15 is 0 Å². The van der Waals surface area contributed by atoms with Crippen LogP contribution in [0.15, 0.2) is 137 Å². The summed E-state index contributed by atoms with van der Waals surface area (Å²) in [5, 5.41) is 15.9. The maximum atomic E-state index is 13.7. The highest BCUT2D eigenvalue weighted by Crippen LogP contribution is 2.37. The Bertz CT molecular complexity index is 2410. The Kier molecular flexibility index (Phi) is 11.8. The van der Waals surface area contributed by atoms with Crippen molar-refractivity contribution in [1.82, 2.24) is 9.97 Å². The molecule has 2 heterocycles. The summed E-state index contributed by atoms with van der Waals surface area (Å²) >= 11 is 1.65. The van der Waals surface area contributed by atoms with Crippen molar-refractivity contribution in [2.75, 3.05) is 40.9 Å². The highest BCUT2D eigenvalue weighted by Gasteiger charge is 2.36. The Morgan fingerprint density at radius 3 is 2.34 bits per heavy atom. The predicted molar refractivity (Wildman–Crippen MR) is 225 cm³/mol. The molecule has 288 valence electrons. The number of piperidine rings is 1. The van der Waals surface area contributed by atoms with Gasteiger partial charge in [0.25, 0.3) is 15.7 Å². The molecule has 0 saturated carbocycles. The van der Waals surface area contributed by atoms with E-state index in [1.807, 2.05) is 61.5 Å². The summed E-state index contributed by atoms with van der Waals surface area (Å²) in [4.78, 5) is 23.5. The number of methoxy groups -OCH3 is 1. The van der Waals surface area contributed by atoms with E-state index in [0.29, 0.717) is 16.7 Å². The second-order valence-corrected chi connectivity index (χ2v) is 16.7. The summed E-state index contributed by atoms with van der Waals surface area (Å²) in [5.41, 5.74) is 4.81. The smallest absolute Gasteiger partial charge is 0.293 e. The summed E-state index contributed by atoms with van der Waals surface area (Å²) in [6.45, 7) is 3.54. The molecule has 1 aliphatic rings. The van der Waals surface area contributed by atoms with Gasteiger partial charge in [0.15, 0.2) is 5.82 Å². The molecule has 0 amide bonds. The van der Waals surface area contributed by atoms with Crippen molar-refractivity contribution in [2.24, 2.45) is 0 Å². The van der Waals surface area contributed by atoms with Gasteiger partial charge in [-0.2, -0.15) is 0 Å². The standard InChI is InChI=1S/C43H44N6O5S2/c1-3-33(29-55-35-15-8-5-9-16-35)46-39-21-19-36(27-41(39)49(50)51)56(52,53)47-42-38-20-18-34(26-40(38)44-30-45-42)48-24-22-43(54-2,23-25-48)28-32-14-10-11-17-37(32)31-12-6-4-7-13-31/h4-21,26-27,30,33,46H,3,22-25,28-29H2,1-2H3,(H,44,45,47). The summed E-state index contributed by atoms with van der Waals surface area (Å²) in [5.74, 6) is 0.766. The van der Waals surface area contributed by atoms with E-state index in [9.17, 15) is 18.5 Å². The molecule has 13 heteroatoms. The molecule has 0 aliphatic carbocycles. The Labute approximate surface area is 331 Å². The van der Waals surface area contributed by atoms with Crippen molar-refractivity contribution in [1.29, 1.82) is 0 Å². The molecule has 56 heavy (non-hydrogen) atoms. The fourth-order valence-corrected chi connectivity index (χ4v) is 9.31. The lowest BCUT2D eigenvalue weighted by atomic mass is 9.82. The molecular weight excluding hydrogens is 745 g/mol. The van der Waals surface area contributed by atoms with E-state index in [1.54, 1.807) is 18.9 Å². The fourth-order valence-electron chi connectivity index (χ4n) is 7.20. The Morgan fingerprint density at radius 2 is 1.62 bits per heavy atom. The van der Waals surface area contributed by atoms with Crippen LogP contribution in [0.25, 0.3) is 22.0 Å². The number of ether oxygens (including phenoxy) is 1. The zero-order chi connectivity index (χ0) is 39.1. The van der Waals surface area contributed by atoms with Gasteiger partial charge >= 0.3 is 0 Å². The summed E-state index contributed by atoms with van der Waals surface area (Å²) in [6, 6.07) is 38.4. The van der Waals surface area contributed by atoms with Gasteiger partial charge in [-0.3, -0.25) is 14.8 Å². The second kappa shape index (κ2) is 17.1. The first kappa shape index (κ1) is 38.8. The molecule has 1 unspecified atom stereocenters. The van der Waals surface area contributed by atoms with Crippen LogP contribution in [0, 0.1) is 10.1 Å². The van der Waals surface area contributed by atoms with Gasteiger partial charge in [-0.05, 0) is 78.4 Å².